The number of unbranched alkanes of at least 4 members (excludes halogenated alkanes) is 11. The van der Waals surface area contributed by atoms with E-state index < -0.39 is 12.0 Å². The first-order valence-corrected chi connectivity index (χ1v) is 9.75. The normalized spacial score (nSPS) is 13.0. The standard InChI is InChI=1S/C19H39N3O2/c1-4-5-6-7-8-9-10-11-12-13-14-15-16-17(18(23)24)22(2,3)19(20)21/h17H,4-16H2,1-3H3,(H3-,20,21,23,24)/p+1. The summed E-state index contributed by atoms with van der Waals surface area (Å²) in [6.07, 6.45) is 15.8. The van der Waals surface area contributed by atoms with Crippen LogP contribution in [0.4, 0.5) is 0 Å². The van der Waals surface area contributed by atoms with Gasteiger partial charge in [-0.15, -0.1) is 0 Å². The molecule has 5 heteroatoms. The first-order chi connectivity index (χ1) is 11.3. The molecule has 0 aliphatic carbocycles. The number of guanidine groups is 1. The van der Waals surface area contributed by atoms with Crippen molar-refractivity contribution in [3.05, 3.63) is 0 Å². The number of quaternary nitrogens is 1. The summed E-state index contributed by atoms with van der Waals surface area (Å²) in [7, 11) is 3.39. The van der Waals surface area contributed by atoms with Gasteiger partial charge in [-0.3, -0.25) is 4.48 Å². The summed E-state index contributed by atoms with van der Waals surface area (Å²) in [6, 6.07) is -0.620. The Kier molecular flexibility index (Phi) is 12.6. The Morgan fingerprint density at radius 3 is 1.62 bits per heavy atom. The molecule has 0 aromatic carbocycles. The maximum atomic E-state index is 11.4. The number of carbonyl (C=O) groups is 1. The highest BCUT2D eigenvalue weighted by Crippen LogP contribution is 2.17. The Labute approximate surface area is 148 Å². The van der Waals surface area contributed by atoms with E-state index in [2.05, 4.69) is 6.92 Å². The lowest BCUT2D eigenvalue weighted by molar-refractivity contribution is -0.820. The van der Waals surface area contributed by atoms with E-state index in [1.807, 2.05) is 0 Å². The summed E-state index contributed by atoms with van der Waals surface area (Å²) in [5.41, 5.74) is 5.54. The molecule has 0 fully saturated rings. The predicted octanol–water partition coefficient (Wildman–Crippen LogP) is 4.50. The molecule has 142 valence electrons. The van der Waals surface area contributed by atoms with E-state index in [1.165, 1.54) is 64.2 Å². The van der Waals surface area contributed by atoms with E-state index in [1.54, 1.807) is 14.1 Å². The highest BCUT2D eigenvalue weighted by Gasteiger charge is 2.37. The number of hydrogen-bond acceptors (Lipinski definition) is 2. The molecule has 1 atom stereocenters. The minimum atomic E-state index is -0.863. The van der Waals surface area contributed by atoms with Crippen molar-refractivity contribution < 1.29 is 14.4 Å². The van der Waals surface area contributed by atoms with Crippen molar-refractivity contribution in [1.82, 2.24) is 0 Å². The van der Waals surface area contributed by atoms with Crippen molar-refractivity contribution in [1.29, 1.82) is 5.41 Å². The van der Waals surface area contributed by atoms with Crippen LogP contribution in [0.25, 0.3) is 0 Å². The van der Waals surface area contributed by atoms with E-state index in [9.17, 15) is 9.90 Å². The molecule has 0 aliphatic heterocycles. The van der Waals surface area contributed by atoms with Gasteiger partial charge in [0.2, 0.25) is 0 Å². The fraction of sp³-hybridized carbons (Fsp3) is 0.895. The summed E-state index contributed by atoms with van der Waals surface area (Å²) in [4.78, 5) is 11.4. The van der Waals surface area contributed by atoms with Crippen LogP contribution in [0.3, 0.4) is 0 Å². The molecular weight excluding hydrogens is 302 g/mol. The van der Waals surface area contributed by atoms with Crippen molar-refractivity contribution in [2.24, 2.45) is 5.73 Å². The quantitative estimate of drug-likeness (QED) is 0.177. The highest BCUT2D eigenvalue weighted by molar-refractivity contribution is 5.76. The molecule has 0 radical (unpaired) electrons. The number of nitrogens with one attached hydrogen (secondary N) is 1. The van der Waals surface area contributed by atoms with Gasteiger partial charge in [0, 0.05) is 6.42 Å². The third-order valence-corrected chi connectivity index (χ3v) is 5.02. The van der Waals surface area contributed by atoms with Crippen molar-refractivity contribution >= 4 is 11.9 Å². The van der Waals surface area contributed by atoms with Crippen LogP contribution in [0, 0.1) is 5.41 Å². The zero-order valence-corrected chi connectivity index (χ0v) is 16.1. The molecule has 0 aliphatic rings. The highest BCUT2D eigenvalue weighted by atomic mass is 16.4. The average molecular weight is 343 g/mol. The molecule has 0 amide bonds. The Hall–Kier alpha value is -1.10. The molecule has 0 bridgehead atoms. The molecule has 5 nitrogen and oxygen atoms in total. The van der Waals surface area contributed by atoms with Gasteiger partial charge in [-0.1, -0.05) is 77.6 Å². The molecule has 0 heterocycles. The number of aliphatic carboxylic acids is 1. The summed E-state index contributed by atoms with van der Waals surface area (Å²) < 4.78 is -0.0621. The zero-order chi connectivity index (χ0) is 18.4. The second kappa shape index (κ2) is 13.2. The monoisotopic (exact) mass is 342 g/mol. The topological polar surface area (TPSA) is 87.2 Å². The third-order valence-electron chi connectivity index (χ3n) is 5.02. The Balaban J connectivity index is 3.67. The second-order valence-corrected chi connectivity index (χ2v) is 7.46. The second-order valence-electron chi connectivity index (χ2n) is 7.46. The summed E-state index contributed by atoms with van der Waals surface area (Å²) in [6.45, 7) is 2.25. The first kappa shape index (κ1) is 22.9. The van der Waals surface area contributed by atoms with Gasteiger partial charge in [0.15, 0.2) is 6.04 Å². The van der Waals surface area contributed by atoms with E-state index >= 15 is 0 Å². The summed E-state index contributed by atoms with van der Waals surface area (Å²) in [5, 5.41) is 16.9. The molecular formula is C19H40N3O2+. The third kappa shape index (κ3) is 9.91. The number of rotatable bonds is 15. The van der Waals surface area contributed by atoms with Gasteiger partial charge in [-0.2, -0.15) is 0 Å². The maximum absolute atomic E-state index is 11.4. The van der Waals surface area contributed by atoms with Crippen LogP contribution in [-0.4, -0.2) is 41.7 Å². The van der Waals surface area contributed by atoms with Crippen LogP contribution in [-0.2, 0) is 4.79 Å². The van der Waals surface area contributed by atoms with Crippen LogP contribution >= 0.6 is 0 Å². The molecule has 0 rings (SSSR count). The minimum absolute atomic E-state index is 0.0621. The van der Waals surface area contributed by atoms with Gasteiger partial charge < -0.3 is 10.8 Å². The van der Waals surface area contributed by atoms with Crippen molar-refractivity contribution in [2.75, 3.05) is 14.1 Å². The number of hydrogen-bond donors (Lipinski definition) is 3. The number of nitrogens with zero attached hydrogens (tertiary/aromatic N) is 1. The summed E-state index contributed by atoms with van der Waals surface area (Å²) >= 11 is 0. The summed E-state index contributed by atoms with van der Waals surface area (Å²) in [5.74, 6) is -0.959. The van der Waals surface area contributed by atoms with Gasteiger partial charge in [0.1, 0.15) is 0 Å². The lowest BCUT2D eigenvalue weighted by Crippen LogP contribution is -2.59. The molecule has 1 unspecified atom stereocenters. The fourth-order valence-electron chi connectivity index (χ4n) is 3.07. The maximum Gasteiger partial charge on any atom is 0.363 e. The molecule has 0 saturated heterocycles. The Bertz CT molecular complexity index is 357. The van der Waals surface area contributed by atoms with Gasteiger partial charge in [-0.25, -0.2) is 10.2 Å². The van der Waals surface area contributed by atoms with Crippen molar-refractivity contribution in [3.63, 3.8) is 0 Å². The first-order valence-electron chi connectivity index (χ1n) is 9.75. The number of nitrogens with two attached hydrogens (primary N) is 1. The van der Waals surface area contributed by atoms with Crippen LogP contribution in [0.5, 0.6) is 0 Å². The zero-order valence-electron chi connectivity index (χ0n) is 16.1. The van der Waals surface area contributed by atoms with Crippen molar-refractivity contribution in [2.45, 2.75) is 96.4 Å². The largest absolute Gasteiger partial charge is 0.477 e. The number of carboxylic acids is 1. The average Bonchev–Trinajstić information content (AvgIpc) is 2.51. The SMILES string of the molecule is CCCCCCCCCCCCCCC(C(=O)O)[N+](C)(C)C(=N)N. The number of carboxylic acid groups (broad SMARTS) is 1. The molecule has 24 heavy (non-hydrogen) atoms. The molecule has 0 aromatic rings. The Morgan fingerprint density at radius 2 is 1.29 bits per heavy atom. The van der Waals surface area contributed by atoms with Gasteiger partial charge in [-0.05, 0) is 6.42 Å². The lowest BCUT2D eigenvalue weighted by atomic mass is 10.0. The van der Waals surface area contributed by atoms with Crippen LogP contribution in [0.1, 0.15) is 90.4 Å². The smallest absolute Gasteiger partial charge is 0.363 e. The van der Waals surface area contributed by atoms with E-state index in [4.69, 9.17) is 11.1 Å². The van der Waals surface area contributed by atoms with Crippen molar-refractivity contribution in [3.8, 4) is 0 Å². The number of likely N-dealkylation sites (N-methyl/N-ethyl adjacent to an activating group) is 1. The molecule has 0 spiro atoms. The fourth-order valence-corrected chi connectivity index (χ4v) is 3.07. The van der Waals surface area contributed by atoms with E-state index in [0.717, 1.165) is 12.8 Å². The molecule has 0 saturated carbocycles. The van der Waals surface area contributed by atoms with E-state index in [-0.39, 0.29) is 10.4 Å². The van der Waals surface area contributed by atoms with Crippen LogP contribution in [0.15, 0.2) is 0 Å². The lowest BCUT2D eigenvalue weighted by Gasteiger charge is -2.32. The predicted molar refractivity (Wildman–Crippen MR) is 101 cm³/mol. The van der Waals surface area contributed by atoms with Gasteiger partial charge >= 0.3 is 5.97 Å². The Morgan fingerprint density at radius 1 is 0.917 bits per heavy atom. The van der Waals surface area contributed by atoms with Gasteiger partial charge in [0.25, 0.3) is 5.96 Å². The van der Waals surface area contributed by atoms with E-state index in [0.29, 0.717) is 6.42 Å². The van der Waals surface area contributed by atoms with Crippen LogP contribution < -0.4 is 5.73 Å². The van der Waals surface area contributed by atoms with Crippen LogP contribution in [0.2, 0.25) is 0 Å². The molecule has 4 N–H and O–H groups in total. The molecule has 0 aromatic heterocycles. The van der Waals surface area contributed by atoms with Gasteiger partial charge in [0.05, 0.1) is 14.1 Å². The minimum Gasteiger partial charge on any atom is -0.477 e.